The number of carbonyl (C=O) groups excluding carboxylic acids is 2. The number of carboxylic acids is 2. The molecular formula is C28H26N4O6. The van der Waals surface area contributed by atoms with Gasteiger partial charge in [-0.2, -0.15) is 0 Å². The number of aliphatic carboxylic acids is 2. The van der Waals surface area contributed by atoms with Crippen molar-refractivity contribution in [3.05, 3.63) is 95.1 Å². The molecule has 0 unspecified atom stereocenters. The van der Waals surface area contributed by atoms with Crippen molar-refractivity contribution >= 4 is 47.6 Å². The third kappa shape index (κ3) is 9.15. The van der Waals surface area contributed by atoms with Gasteiger partial charge in [-0.15, -0.1) is 0 Å². The SMILES string of the molecule is O=C(O)CCNC(=O)c1ccc(N=Cc2ccc(C=Nc3ccc(C(=O)NCCC(=O)O)cc3)cc2)cc1. The molecule has 10 nitrogen and oxygen atoms in total. The minimum Gasteiger partial charge on any atom is -0.481 e. The number of carbonyl (C=O) groups is 4. The Morgan fingerprint density at radius 3 is 1.24 bits per heavy atom. The molecule has 38 heavy (non-hydrogen) atoms. The Bertz CT molecular complexity index is 1230. The average Bonchev–Trinajstić information content (AvgIpc) is 2.91. The zero-order chi connectivity index (χ0) is 27.3. The highest BCUT2D eigenvalue weighted by molar-refractivity contribution is 5.95. The molecule has 0 fully saturated rings. The van der Waals surface area contributed by atoms with Crippen molar-refractivity contribution in [2.45, 2.75) is 12.8 Å². The van der Waals surface area contributed by atoms with E-state index in [2.05, 4.69) is 20.6 Å². The molecule has 0 spiro atoms. The van der Waals surface area contributed by atoms with Crippen molar-refractivity contribution in [2.24, 2.45) is 9.98 Å². The van der Waals surface area contributed by atoms with Crippen LogP contribution in [0.3, 0.4) is 0 Å². The quantitative estimate of drug-likeness (QED) is 0.271. The largest absolute Gasteiger partial charge is 0.481 e. The second-order valence-electron chi connectivity index (χ2n) is 8.08. The summed E-state index contributed by atoms with van der Waals surface area (Å²) in [5.74, 6) is -2.62. The average molecular weight is 515 g/mol. The van der Waals surface area contributed by atoms with Crippen LogP contribution in [0.15, 0.2) is 82.8 Å². The van der Waals surface area contributed by atoms with E-state index in [9.17, 15) is 19.2 Å². The van der Waals surface area contributed by atoms with Crippen molar-refractivity contribution in [1.29, 1.82) is 0 Å². The number of nitrogens with one attached hydrogen (secondary N) is 2. The number of rotatable bonds is 12. The van der Waals surface area contributed by atoms with Gasteiger partial charge < -0.3 is 20.8 Å². The Balaban J connectivity index is 1.51. The van der Waals surface area contributed by atoms with Gasteiger partial charge >= 0.3 is 11.9 Å². The van der Waals surface area contributed by atoms with Gasteiger partial charge in [-0.1, -0.05) is 24.3 Å². The molecule has 4 N–H and O–H groups in total. The van der Waals surface area contributed by atoms with Gasteiger partial charge in [0.25, 0.3) is 11.8 Å². The van der Waals surface area contributed by atoms with E-state index >= 15 is 0 Å². The fraction of sp³-hybridized carbons (Fsp3) is 0.143. The molecule has 10 heteroatoms. The Labute approximate surface area is 218 Å². The lowest BCUT2D eigenvalue weighted by molar-refractivity contribution is -0.137. The number of hydrogen-bond acceptors (Lipinski definition) is 6. The lowest BCUT2D eigenvalue weighted by atomic mass is 10.1. The first-order chi connectivity index (χ1) is 18.3. The van der Waals surface area contributed by atoms with E-state index < -0.39 is 11.9 Å². The fourth-order valence-electron chi connectivity index (χ4n) is 3.13. The predicted molar refractivity (Wildman–Crippen MR) is 143 cm³/mol. The van der Waals surface area contributed by atoms with Gasteiger partial charge in [0.15, 0.2) is 0 Å². The number of hydrogen-bond donors (Lipinski definition) is 4. The van der Waals surface area contributed by atoms with Crippen LogP contribution in [0.5, 0.6) is 0 Å². The maximum absolute atomic E-state index is 12.0. The first-order valence-electron chi connectivity index (χ1n) is 11.7. The van der Waals surface area contributed by atoms with Crippen LogP contribution in [0.25, 0.3) is 0 Å². The molecule has 0 radical (unpaired) electrons. The summed E-state index contributed by atoms with van der Waals surface area (Å²) in [7, 11) is 0. The molecule has 3 rings (SSSR count). The van der Waals surface area contributed by atoms with Crippen LogP contribution in [0.4, 0.5) is 11.4 Å². The fourth-order valence-corrected chi connectivity index (χ4v) is 3.13. The Morgan fingerprint density at radius 1 is 0.579 bits per heavy atom. The third-order valence-electron chi connectivity index (χ3n) is 5.17. The molecule has 3 aromatic carbocycles. The summed E-state index contributed by atoms with van der Waals surface area (Å²) in [6, 6.07) is 20.9. The highest BCUT2D eigenvalue weighted by Crippen LogP contribution is 2.15. The van der Waals surface area contributed by atoms with Gasteiger partial charge in [-0.25, -0.2) is 0 Å². The van der Waals surface area contributed by atoms with Gasteiger partial charge in [-0.05, 0) is 59.7 Å². The maximum atomic E-state index is 12.0. The molecule has 0 heterocycles. The summed E-state index contributed by atoms with van der Waals surface area (Å²) < 4.78 is 0. The Morgan fingerprint density at radius 2 is 0.921 bits per heavy atom. The van der Waals surface area contributed by atoms with E-state index in [4.69, 9.17) is 10.2 Å². The molecule has 3 aromatic rings. The predicted octanol–water partition coefficient (Wildman–Crippen LogP) is 3.60. The van der Waals surface area contributed by atoms with Crippen molar-refractivity contribution in [3.63, 3.8) is 0 Å². The second-order valence-corrected chi connectivity index (χ2v) is 8.08. The van der Waals surface area contributed by atoms with Crippen LogP contribution in [-0.2, 0) is 9.59 Å². The summed E-state index contributed by atoms with van der Waals surface area (Å²) in [5, 5.41) is 22.4. The van der Waals surface area contributed by atoms with Crippen LogP contribution >= 0.6 is 0 Å². The van der Waals surface area contributed by atoms with Crippen molar-refractivity contribution in [3.8, 4) is 0 Å². The van der Waals surface area contributed by atoms with Crippen molar-refractivity contribution in [1.82, 2.24) is 10.6 Å². The van der Waals surface area contributed by atoms with Crippen LogP contribution in [0.1, 0.15) is 44.7 Å². The minimum atomic E-state index is -0.971. The van der Waals surface area contributed by atoms with Crippen LogP contribution in [0.2, 0.25) is 0 Å². The summed E-state index contributed by atoms with van der Waals surface area (Å²) in [5.41, 5.74) is 3.92. The molecular weight excluding hydrogens is 488 g/mol. The van der Waals surface area contributed by atoms with Crippen molar-refractivity contribution in [2.75, 3.05) is 13.1 Å². The number of benzene rings is 3. The Hall–Kier alpha value is -5.12. The number of aliphatic imine (C=N–C) groups is 2. The first-order valence-corrected chi connectivity index (χ1v) is 11.7. The van der Waals surface area contributed by atoms with E-state index in [0.29, 0.717) is 22.5 Å². The smallest absolute Gasteiger partial charge is 0.305 e. The zero-order valence-electron chi connectivity index (χ0n) is 20.3. The highest BCUT2D eigenvalue weighted by Gasteiger charge is 2.07. The summed E-state index contributed by atoms with van der Waals surface area (Å²) >= 11 is 0. The normalized spacial score (nSPS) is 10.9. The molecule has 0 saturated carbocycles. The molecule has 0 aliphatic carbocycles. The second kappa shape index (κ2) is 13.8. The third-order valence-corrected chi connectivity index (χ3v) is 5.17. The number of carboxylic acid groups (broad SMARTS) is 2. The maximum Gasteiger partial charge on any atom is 0.305 e. The lowest BCUT2D eigenvalue weighted by Crippen LogP contribution is -2.25. The van der Waals surface area contributed by atoms with Crippen molar-refractivity contribution < 1.29 is 29.4 Å². The van der Waals surface area contributed by atoms with Gasteiger partial charge in [0.1, 0.15) is 0 Å². The lowest BCUT2D eigenvalue weighted by Gasteiger charge is -2.04. The number of nitrogens with zero attached hydrogens (tertiary/aromatic N) is 2. The van der Waals surface area contributed by atoms with Gasteiger partial charge in [0.05, 0.1) is 24.2 Å². The summed E-state index contributed by atoms with van der Waals surface area (Å²) in [4.78, 5) is 53.9. The van der Waals surface area contributed by atoms with E-state index in [1.54, 1.807) is 61.0 Å². The molecule has 2 amide bonds. The zero-order valence-corrected chi connectivity index (χ0v) is 20.3. The Kier molecular flexibility index (Phi) is 10.00. The molecule has 0 bridgehead atoms. The van der Waals surface area contributed by atoms with Crippen LogP contribution in [-0.4, -0.2) is 59.5 Å². The standard InChI is InChI=1S/C28H26N4O6/c33-25(34)13-15-29-27(37)21-5-9-23(10-6-21)31-17-19-1-2-20(4-3-19)18-32-24-11-7-22(8-12-24)28(38)30-16-14-26(35)36/h1-12,17-18H,13-16H2,(H,29,37)(H,30,38)(H,33,34)(H,35,36). The van der Waals surface area contributed by atoms with E-state index in [1.807, 2.05) is 24.3 Å². The van der Waals surface area contributed by atoms with Crippen LogP contribution in [0, 0.1) is 0 Å². The summed E-state index contributed by atoms with van der Waals surface area (Å²) in [6.45, 7) is 0.134. The summed E-state index contributed by atoms with van der Waals surface area (Å²) in [6.07, 6.45) is 3.13. The van der Waals surface area contributed by atoms with Gasteiger partial charge in [-0.3, -0.25) is 29.2 Å². The molecule has 0 saturated heterocycles. The topological polar surface area (TPSA) is 158 Å². The molecule has 0 aliphatic heterocycles. The molecule has 0 atom stereocenters. The van der Waals surface area contributed by atoms with Crippen LogP contribution < -0.4 is 10.6 Å². The van der Waals surface area contributed by atoms with Gasteiger partial charge in [0, 0.05) is 36.6 Å². The van der Waals surface area contributed by atoms with E-state index in [1.165, 1.54) is 0 Å². The monoisotopic (exact) mass is 514 g/mol. The minimum absolute atomic E-state index is 0.0668. The molecule has 0 aliphatic rings. The van der Waals surface area contributed by atoms with E-state index in [0.717, 1.165) is 11.1 Å². The van der Waals surface area contributed by atoms with E-state index in [-0.39, 0.29) is 37.7 Å². The molecule has 194 valence electrons. The van der Waals surface area contributed by atoms with Gasteiger partial charge in [0.2, 0.25) is 0 Å². The highest BCUT2D eigenvalue weighted by atomic mass is 16.4. The first kappa shape index (κ1) is 27.5. The number of amides is 2. The molecule has 0 aromatic heterocycles.